The first-order chi connectivity index (χ1) is 12.4. The molecule has 1 aromatic heterocycles. The third-order valence-electron chi connectivity index (χ3n) is 3.83. The zero-order valence-electron chi connectivity index (χ0n) is 14.9. The Kier molecular flexibility index (Phi) is 8.30. The van der Waals surface area contributed by atoms with E-state index in [-0.39, 0.29) is 17.7 Å². The molecule has 0 bridgehead atoms. The molecule has 1 heterocycles. The minimum Gasteiger partial charge on any atom is -0.338 e. The zero-order valence-corrected chi connectivity index (χ0v) is 17.3. The lowest BCUT2D eigenvalue weighted by Gasteiger charge is -2.25. The maximum atomic E-state index is 13.4. The second kappa shape index (κ2) is 10.2. The number of carbonyl (C=O) groups excluding carboxylic acids is 1. The topological polar surface area (TPSA) is 46.1 Å². The van der Waals surface area contributed by atoms with Gasteiger partial charge in [0.05, 0.1) is 11.8 Å². The highest BCUT2D eigenvalue weighted by Gasteiger charge is 2.19. The Morgan fingerprint density at radius 3 is 2.58 bits per heavy atom. The van der Waals surface area contributed by atoms with Crippen molar-refractivity contribution in [1.29, 1.82) is 0 Å². The van der Waals surface area contributed by atoms with Crippen molar-refractivity contribution in [3.63, 3.8) is 0 Å². The largest absolute Gasteiger partial charge is 0.338 e. The number of benzene rings is 1. The highest BCUT2D eigenvalue weighted by Crippen LogP contribution is 2.30. The van der Waals surface area contributed by atoms with Crippen LogP contribution in [-0.4, -0.2) is 39.6 Å². The molecule has 0 fully saturated rings. The molecule has 0 aliphatic heterocycles. The molecule has 1 unspecified atom stereocenters. The van der Waals surface area contributed by atoms with Gasteiger partial charge in [0.2, 0.25) is 5.91 Å². The summed E-state index contributed by atoms with van der Waals surface area (Å²) in [5, 5.41) is 8.22. The van der Waals surface area contributed by atoms with Gasteiger partial charge in [-0.2, -0.15) is 0 Å². The van der Waals surface area contributed by atoms with Crippen LogP contribution >= 0.6 is 34.9 Å². The minimum atomic E-state index is -0.911. The Labute approximate surface area is 164 Å². The van der Waals surface area contributed by atoms with Gasteiger partial charge in [-0.15, -0.1) is 10.2 Å². The van der Waals surface area contributed by atoms with E-state index in [4.69, 9.17) is 0 Å². The van der Waals surface area contributed by atoms with Gasteiger partial charge in [-0.1, -0.05) is 54.3 Å². The Morgan fingerprint density at radius 1 is 1.23 bits per heavy atom. The first kappa shape index (κ1) is 21.1. The minimum absolute atomic E-state index is 0.109. The summed E-state index contributed by atoms with van der Waals surface area (Å²) in [4.78, 5) is 13.9. The Balaban J connectivity index is 1.87. The van der Waals surface area contributed by atoms with Crippen molar-refractivity contribution in [2.24, 2.45) is 0 Å². The molecule has 26 heavy (non-hydrogen) atoms. The summed E-state index contributed by atoms with van der Waals surface area (Å²) >= 11 is 4.51. The van der Waals surface area contributed by atoms with Gasteiger partial charge in [0, 0.05) is 12.8 Å². The van der Waals surface area contributed by atoms with Crippen LogP contribution in [0.15, 0.2) is 26.9 Å². The van der Waals surface area contributed by atoms with Crippen LogP contribution < -0.4 is 0 Å². The van der Waals surface area contributed by atoms with Gasteiger partial charge >= 0.3 is 0 Å². The highest BCUT2D eigenvalue weighted by molar-refractivity contribution is 8.03. The van der Waals surface area contributed by atoms with Gasteiger partial charge in [0.1, 0.15) is 0 Å². The molecule has 0 aliphatic carbocycles. The number of carbonyl (C=O) groups is 1. The quantitative estimate of drug-likeness (QED) is 0.423. The summed E-state index contributed by atoms with van der Waals surface area (Å²) in [6.45, 7) is 3.92. The number of rotatable bonds is 9. The Bertz CT molecular complexity index is 742. The smallest absolute Gasteiger partial charge is 0.233 e. The first-order valence-corrected chi connectivity index (χ1v) is 11.0. The van der Waals surface area contributed by atoms with Gasteiger partial charge in [-0.05, 0) is 31.0 Å². The molecule has 0 radical (unpaired) electrons. The van der Waals surface area contributed by atoms with E-state index < -0.39 is 11.6 Å². The molecular weight excluding hydrogens is 396 g/mol. The number of hydrogen-bond donors (Lipinski definition) is 0. The summed E-state index contributed by atoms with van der Waals surface area (Å²) in [5.74, 6) is -0.675. The molecule has 2 rings (SSSR count). The van der Waals surface area contributed by atoms with E-state index >= 15 is 0 Å². The SMILES string of the molecule is CCCCSc1nnc(SCC(=O)N(C)C(C)c2ccc(F)c(F)c2)s1. The number of thioether (sulfide) groups is 2. The number of halogens is 2. The summed E-state index contributed by atoms with van der Waals surface area (Å²) in [7, 11) is 1.65. The Hall–Kier alpha value is -1.19. The third kappa shape index (κ3) is 5.92. The van der Waals surface area contributed by atoms with Crippen molar-refractivity contribution in [1.82, 2.24) is 15.1 Å². The lowest BCUT2D eigenvalue weighted by Crippen LogP contribution is -2.31. The molecule has 0 spiro atoms. The number of hydrogen-bond acceptors (Lipinski definition) is 6. The van der Waals surface area contributed by atoms with Crippen LogP contribution in [0.5, 0.6) is 0 Å². The van der Waals surface area contributed by atoms with Gasteiger partial charge < -0.3 is 4.90 Å². The molecule has 9 heteroatoms. The third-order valence-corrected chi connectivity index (χ3v) is 7.09. The summed E-state index contributed by atoms with van der Waals surface area (Å²) in [6.07, 6.45) is 2.28. The van der Waals surface area contributed by atoms with Crippen molar-refractivity contribution in [2.45, 2.75) is 41.4 Å². The lowest BCUT2D eigenvalue weighted by atomic mass is 10.1. The van der Waals surface area contributed by atoms with E-state index in [2.05, 4.69) is 17.1 Å². The average molecular weight is 418 g/mol. The van der Waals surface area contributed by atoms with Crippen molar-refractivity contribution in [3.05, 3.63) is 35.4 Å². The zero-order chi connectivity index (χ0) is 19.1. The van der Waals surface area contributed by atoms with Crippen LogP contribution in [0.4, 0.5) is 8.78 Å². The lowest BCUT2D eigenvalue weighted by molar-refractivity contribution is -0.128. The van der Waals surface area contributed by atoms with Crippen LogP contribution in [0.3, 0.4) is 0 Å². The van der Waals surface area contributed by atoms with Crippen LogP contribution in [0.2, 0.25) is 0 Å². The van der Waals surface area contributed by atoms with Crippen LogP contribution in [0.25, 0.3) is 0 Å². The number of unbranched alkanes of at least 4 members (excludes halogenated alkanes) is 1. The second-order valence-electron chi connectivity index (χ2n) is 5.68. The summed E-state index contributed by atoms with van der Waals surface area (Å²) in [6, 6.07) is 3.34. The predicted molar refractivity (Wildman–Crippen MR) is 104 cm³/mol. The predicted octanol–water partition coefficient (Wildman–Crippen LogP) is 5.02. The second-order valence-corrected chi connectivity index (χ2v) is 9.22. The van der Waals surface area contributed by atoms with E-state index in [0.717, 1.165) is 39.4 Å². The normalized spacial score (nSPS) is 12.2. The van der Waals surface area contributed by atoms with E-state index in [9.17, 15) is 13.6 Å². The number of amides is 1. The molecule has 0 N–H and O–H groups in total. The maximum Gasteiger partial charge on any atom is 0.233 e. The molecule has 0 aliphatic rings. The Morgan fingerprint density at radius 2 is 1.92 bits per heavy atom. The van der Waals surface area contributed by atoms with E-state index in [1.54, 1.807) is 25.7 Å². The van der Waals surface area contributed by atoms with Gasteiger partial charge in [-0.25, -0.2) is 8.78 Å². The summed E-state index contributed by atoms with van der Waals surface area (Å²) < 4.78 is 28.1. The van der Waals surface area contributed by atoms with Crippen molar-refractivity contribution >= 4 is 40.8 Å². The maximum absolute atomic E-state index is 13.4. The van der Waals surface area contributed by atoms with Crippen molar-refractivity contribution in [3.8, 4) is 0 Å². The number of nitrogens with zero attached hydrogens (tertiary/aromatic N) is 3. The molecule has 0 saturated carbocycles. The van der Waals surface area contributed by atoms with E-state index in [1.165, 1.54) is 34.1 Å². The van der Waals surface area contributed by atoms with Gasteiger partial charge in [0.25, 0.3) is 0 Å². The number of aromatic nitrogens is 2. The van der Waals surface area contributed by atoms with Gasteiger partial charge in [-0.3, -0.25) is 4.79 Å². The molecule has 142 valence electrons. The monoisotopic (exact) mass is 417 g/mol. The molecule has 0 saturated heterocycles. The standard InChI is InChI=1S/C17H21F2N3OS3/c1-4-5-8-24-16-20-21-17(26-16)25-10-15(23)22(3)11(2)12-6-7-13(18)14(19)9-12/h6-7,9,11H,4-5,8,10H2,1-3H3. The molecule has 1 aromatic carbocycles. The van der Waals surface area contributed by atoms with Crippen molar-refractivity contribution in [2.75, 3.05) is 18.6 Å². The van der Waals surface area contributed by atoms with E-state index in [1.807, 2.05) is 0 Å². The van der Waals surface area contributed by atoms with Crippen LogP contribution in [-0.2, 0) is 4.79 Å². The van der Waals surface area contributed by atoms with Crippen LogP contribution in [0.1, 0.15) is 38.3 Å². The molecule has 1 atom stereocenters. The molecule has 1 amide bonds. The van der Waals surface area contributed by atoms with E-state index in [0.29, 0.717) is 5.56 Å². The fourth-order valence-electron chi connectivity index (χ4n) is 2.05. The van der Waals surface area contributed by atoms with Gasteiger partial charge in [0.15, 0.2) is 20.3 Å². The average Bonchev–Trinajstić information content (AvgIpc) is 3.08. The van der Waals surface area contributed by atoms with Crippen LogP contribution in [0, 0.1) is 11.6 Å². The van der Waals surface area contributed by atoms with Crippen molar-refractivity contribution < 1.29 is 13.6 Å². The molecule has 2 aromatic rings. The molecule has 4 nitrogen and oxygen atoms in total. The first-order valence-electron chi connectivity index (χ1n) is 8.22. The fraction of sp³-hybridized carbons (Fsp3) is 0.471. The highest BCUT2D eigenvalue weighted by atomic mass is 32.2. The fourth-order valence-corrected chi connectivity index (χ4v) is 5.15. The molecular formula is C17H21F2N3OS3. The summed E-state index contributed by atoms with van der Waals surface area (Å²) in [5.41, 5.74) is 0.551.